The van der Waals surface area contributed by atoms with Crippen LogP contribution in [0.4, 0.5) is 4.79 Å². The molecule has 2 heterocycles. The third-order valence-corrected chi connectivity index (χ3v) is 6.21. The van der Waals surface area contributed by atoms with Crippen molar-refractivity contribution in [1.82, 2.24) is 10.3 Å². The standard InChI is InChI=1S/C26H25N3O4S/c1-18(21-9-10-22(27-17-21)15-19-5-3-2-4-6-19)29-33-14-13-32-23-11-7-20(8-12-23)16-24-25(30)28-26(31)34-24/h2-12,17,24H,13-16H2,1H3,(H,28,30,31)/b29-18-. The number of amides is 2. The second kappa shape index (κ2) is 11.5. The maximum Gasteiger partial charge on any atom is 0.286 e. The van der Waals surface area contributed by atoms with Crippen molar-refractivity contribution in [1.29, 1.82) is 0 Å². The van der Waals surface area contributed by atoms with E-state index in [0.29, 0.717) is 25.4 Å². The highest BCUT2D eigenvalue weighted by molar-refractivity contribution is 8.15. The molecule has 174 valence electrons. The average molecular weight is 476 g/mol. The summed E-state index contributed by atoms with van der Waals surface area (Å²) in [5.41, 5.74) is 4.85. The summed E-state index contributed by atoms with van der Waals surface area (Å²) in [6.45, 7) is 2.53. The molecule has 0 aliphatic carbocycles. The van der Waals surface area contributed by atoms with Gasteiger partial charge in [-0.15, -0.1) is 0 Å². The van der Waals surface area contributed by atoms with Crippen molar-refractivity contribution in [2.45, 2.75) is 25.0 Å². The molecule has 1 saturated heterocycles. The summed E-state index contributed by atoms with van der Waals surface area (Å²) in [5, 5.41) is 5.79. The quantitative estimate of drug-likeness (QED) is 0.266. The van der Waals surface area contributed by atoms with E-state index in [4.69, 9.17) is 9.57 Å². The van der Waals surface area contributed by atoms with E-state index in [0.717, 1.165) is 40.7 Å². The van der Waals surface area contributed by atoms with Crippen LogP contribution in [0.25, 0.3) is 0 Å². The predicted molar refractivity (Wildman–Crippen MR) is 132 cm³/mol. The first kappa shape index (κ1) is 23.5. The van der Waals surface area contributed by atoms with Crippen LogP contribution in [0.5, 0.6) is 5.75 Å². The number of rotatable bonds is 10. The van der Waals surface area contributed by atoms with Crippen molar-refractivity contribution in [3.05, 3.63) is 95.3 Å². The Labute approximate surface area is 202 Å². The van der Waals surface area contributed by atoms with Gasteiger partial charge in [0.25, 0.3) is 5.24 Å². The third-order valence-electron chi connectivity index (χ3n) is 5.23. The number of oxime groups is 1. The fourth-order valence-electron chi connectivity index (χ4n) is 3.40. The van der Waals surface area contributed by atoms with Gasteiger partial charge in [-0.25, -0.2) is 0 Å². The highest BCUT2D eigenvalue weighted by atomic mass is 32.2. The molecule has 1 atom stereocenters. The van der Waals surface area contributed by atoms with E-state index in [1.165, 1.54) is 5.56 Å². The highest BCUT2D eigenvalue weighted by Crippen LogP contribution is 2.23. The Kier molecular flexibility index (Phi) is 7.93. The lowest BCUT2D eigenvalue weighted by Gasteiger charge is -2.08. The fraction of sp³-hybridized carbons (Fsp3) is 0.231. The summed E-state index contributed by atoms with van der Waals surface area (Å²) in [6, 6.07) is 21.7. The molecule has 1 aliphatic rings. The monoisotopic (exact) mass is 475 g/mol. The van der Waals surface area contributed by atoms with Gasteiger partial charge in [0, 0.05) is 23.9 Å². The van der Waals surface area contributed by atoms with Gasteiger partial charge in [-0.3, -0.25) is 19.9 Å². The van der Waals surface area contributed by atoms with Gasteiger partial charge in [0.15, 0.2) is 6.61 Å². The van der Waals surface area contributed by atoms with Gasteiger partial charge in [-0.2, -0.15) is 0 Å². The zero-order valence-corrected chi connectivity index (χ0v) is 19.6. The normalized spacial score (nSPS) is 15.8. The number of carbonyl (C=O) groups excluding carboxylic acids is 2. The van der Waals surface area contributed by atoms with Gasteiger partial charge < -0.3 is 9.57 Å². The van der Waals surface area contributed by atoms with Crippen LogP contribution < -0.4 is 10.1 Å². The molecule has 8 heteroatoms. The topological polar surface area (TPSA) is 89.9 Å². The molecule has 0 bridgehead atoms. The van der Waals surface area contributed by atoms with Gasteiger partial charge in [-0.05, 0) is 48.7 Å². The Morgan fingerprint density at radius 2 is 1.79 bits per heavy atom. The lowest BCUT2D eigenvalue weighted by Crippen LogP contribution is -2.25. The summed E-state index contributed by atoms with van der Waals surface area (Å²) >= 11 is 1.03. The molecular weight excluding hydrogens is 450 g/mol. The first-order valence-corrected chi connectivity index (χ1v) is 11.8. The smallest absolute Gasteiger partial charge is 0.286 e. The number of imide groups is 1. The van der Waals surface area contributed by atoms with Crippen molar-refractivity contribution in [3.8, 4) is 5.75 Å². The molecule has 2 aromatic carbocycles. The highest BCUT2D eigenvalue weighted by Gasteiger charge is 2.31. The van der Waals surface area contributed by atoms with E-state index < -0.39 is 0 Å². The summed E-state index contributed by atoms with van der Waals surface area (Å²) in [6.07, 6.45) is 3.10. The molecule has 7 nitrogen and oxygen atoms in total. The van der Waals surface area contributed by atoms with E-state index in [-0.39, 0.29) is 16.4 Å². The Balaban J connectivity index is 1.18. The zero-order chi connectivity index (χ0) is 23.8. The van der Waals surface area contributed by atoms with Crippen LogP contribution in [0.3, 0.4) is 0 Å². The van der Waals surface area contributed by atoms with Gasteiger partial charge in [0.05, 0.1) is 11.0 Å². The molecule has 1 fully saturated rings. The molecule has 0 spiro atoms. The first-order chi connectivity index (χ1) is 16.6. The number of hydrogen-bond acceptors (Lipinski definition) is 7. The number of hydrogen-bond donors (Lipinski definition) is 1. The van der Waals surface area contributed by atoms with E-state index >= 15 is 0 Å². The van der Waals surface area contributed by atoms with Crippen molar-refractivity contribution in [3.63, 3.8) is 0 Å². The molecule has 1 aromatic heterocycles. The maximum absolute atomic E-state index is 11.7. The van der Waals surface area contributed by atoms with E-state index in [2.05, 4.69) is 27.6 Å². The van der Waals surface area contributed by atoms with Crippen molar-refractivity contribution < 1.29 is 19.2 Å². The number of aromatic nitrogens is 1. The minimum atomic E-state index is -0.371. The fourth-order valence-corrected chi connectivity index (χ4v) is 4.26. The number of nitrogens with zero attached hydrogens (tertiary/aromatic N) is 2. The van der Waals surface area contributed by atoms with Crippen LogP contribution in [0.1, 0.15) is 29.3 Å². The van der Waals surface area contributed by atoms with Crippen molar-refractivity contribution >= 4 is 28.6 Å². The summed E-state index contributed by atoms with van der Waals surface area (Å²) in [5.74, 6) is 0.466. The number of thioether (sulfide) groups is 1. The van der Waals surface area contributed by atoms with Crippen LogP contribution in [0.2, 0.25) is 0 Å². The maximum atomic E-state index is 11.7. The minimum Gasteiger partial charge on any atom is -0.490 e. The van der Waals surface area contributed by atoms with Crippen LogP contribution >= 0.6 is 11.8 Å². The van der Waals surface area contributed by atoms with Crippen LogP contribution in [-0.4, -0.2) is 40.3 Å². The molecule has 4 rings (SSSR count). The summed E-state index contributed by atoms with van der Waals surface area (Å²) < 4.78 is 5.68. The Morgan fingerprint density at radius 3 is 2.47 bits per heavy atom. The lowest BCUT2D eigenvalue weighted by atomic mass is 10.1. The van der Waals surface area contributed by atoms with Gasteiger partial charge >= 0.3 is 0 Å². The Morgan fingerprint density at radius 1 is 1.00 bits per heavy atom. The van der Waals surface area contributed by atoms with Gasteiger partial charge in [-0.1, -0.05) is 59.4 Å². The van der Waals surface area contributed by atoms with Gasteiger partial charge in [0.1, 0.15) is 12.4 Å². The van der Waals surface area contributed by atoms with E-state index in [9.17, 15) is 9.59 Å². The zero-order valence-electron chi connectivity index (χ0n) is 18.8. The lowest BCUT2D eigenvalue weighted by molar-refractivity contribution is -0.118. The average Bonchev–Trinajstić information content (AvgIpc) is 3.17. The van der Waals surface area contributed by atoms with Crippen LogP contribution in [0.15, 0.2) is 78.1 Å². The minimum absolute atomic E-state index is 0.234. The Hall–Kier alpha value is -3.65. The van der Waals surface area contributed by atoms with Crippen molar-refractivity contribution in [2.75, 3.05) is 13.2 Å². The second-order valence-corrected chi connectivity index (χ2v) is 8.97. The molecular formula is C26H25N3O4S. The molecule has 0 radical (unpaired) electrons. The first-order valence-electron chi connectivity index (χ1n) is 11.0. The largest absolute Gasteiger partial charge is 0.490 e. The second-order valence-electron chi connectivity index (χ2n) is 7.79. The Bertz CT molecular complexity index is 1150. The molecule has 1 unspecified atom stereocenters. The van der Waals surface area contributed by atoms with Crippen molar-refractivity contribution in [2.24, 2.45) is 5.16 Å². The van der Waals surface area contributed by atoms with Gasteiger partial charge in [0.2, 0.25) is 5.91 Å². The number of pyridine rings is 1. The number of benzene rings is 2. The molecule has 3 aromatic rings. The third kappa shape index (κ3) is 6.68. The summed E-state index contributed by atoms with van der Waals surface area (Å²) in [4.78, 5) is 32.9. The number of ether oxygens (including phenoxy) is 1. The van der Waals surface area contributed by atoms with Crippen LogP contribution in [0, 0.1) is 0 Å². The molecule has 1 aliphatic heterocycles. The molecule has 0 saturated carbocycles. The van der Waals surface area contributed by atoms with E-state index in [1.807, 2.05) is 67.7 Å². The number of carbonyl (C=O) groups is 2. The molecule has 34 heavy (non-hydrogen) atoms. The number of nitrogens with one attached hydrogen (secondary N) is 1. The van der Waals surface area contributed by atoms with E-state index in [1.54, 1.807) is 0 Å². The summed E-state index contributed by atoms with van der Waals surface area (Å²) in [7, 11) is 0. The van der Waals surface area contributed by atoms with Crippen LogP contribution in [-0.2, 0) is 22.5 Å². The molecule has 2 amide bonds. The molecule has 1 N–H and O–H groups in total. The SMILES string of the molecule is C/C(=N/OCCOc1ccc(CC2SC(=O)NC2=O)cc1)c1ccc(Cc2ccccc2)nc1. The predicted octanol–water partition coefficient (Wildman–Crippen LogP) is 4.39.